The van der Waals surface area contributed by atoms with E-state index in [2.05, 4.69) is 42.7 Å². The van der Waals surface area contributed by atoms with E-state index in [4.69, 9.17) is 0 Å². The fraction of sp³-hybridized carbons (Fsp3) is 0.600. The number of allylic oxidation sites excluding steroid dienone is 1. The molecule has 21 heavy (non-hydrogen) atoms. The largest absolute Gasteiger partial charge is 0.313 e. The molecule has 2 aliphatic rings. The van der Waals surface area contributed by atoms with Crippen molar-refractivity contribution in [1.29, 1.82) is 0 Å². The van der Waals surface area contributed by atoms with Gasteiger partial charge in [-0.25, -0.2) is 0 Å². The van der Waals surface area contributed by atoms with Gasteiger partial charge in [0.25, 0.3) is 0 Å². The summed E-state index contributed by atoms with van der Waals surface area (Å²) in [4.78, 5) is 0. The van der Waals surface area contributed by atoms with Crippen molar-refractivity contribution >= 4 is 0 Å². The first-order chi connectivity index (χ1) is 10.4. The molecule has 2 atom stereocenters. The van der Waals surface area contributed by atoms with Crippen LogP contribution in [0.25, 0.3) is 0 Å². The third kappa shape index (κ3) is 3.58. The molecule has 2 aliphatic carbocycles. The molecule has 0 fully saturated rings. The monoisotopic (exact) mass is 283 g/mol. The highest BCUT2D eigenvalue weighted by Gasteiger charge is 2.27. The van der Waals surface area contributed by atoms with Crippen LogP contribution < -0.4 is 5.32 Å². The molecule has 3 rings (SSSR count). The molecule has 1 N–H and O–H groups in total. The Labute approximate surface area is 129 Å². The Morgan fingerprint density at radius 1 is 1.00 bits per heavy atom. The number of rotatable bonds is 3. The SMILES string of the molecule is CNC(/C1=C/CCCCCC1)C1CCc2ccccc2C1. The third-order valence-electron chi connectivity index (χ3n) is 5.39. The number of likely N-dealkylation sites (N-methyl/N-ethyl adjacent to an activating group) is 1. The summed E-state index contributed by atoms with van der Waals surface area (Å²) in [5.41, 5.74) is 4.86. The number of benzene rings is 1. The maximum atomic E-state index is 3.65. The lowest BCUT2D eigenvalue weighted by Gasteiger charge is -2.33. The number of hydrogen-bond acceptors (Lipinski definition) is 1. The summed E-state index contributed by atoms with van der Waals surface area (Å²) in [5, 5.41) is 3.65. The second kappa shape index (κ2) is 7.26. The lowest BCUT2D eigenvalue weighted by atomic mass is 9.76. The van der Waals surface area contributed by atoms with Crippen LogP contribution in [0.2, 0.25) is 0 Å². The van der Waals surface area contributed by atoms with E-state index in [9.17, 15) is 0 Å². The van der Waals surface area contributed by atoms with Gasteiger partial charge in [0.05, 0.1) is 0 Å². The zero-order valence-electron chi connectivity index (χ0n) is 13.4. The molecule has 0 saturated carbocycles. The van der Waals surface area contributed by atoms with Crippen molar-refractivity contribution in [2.45, 2.75) is 63.8 Å². The van der Waals surface area contributed by atoms with E-state index in [-0.39, 0.29) is 0 Å². The molecule has 0 aliphatic heterocycles. The van der Waals surface area contributed by atoms with Crippen molar-refractivity contribution in [2.75, 3.05) is 7.05 Å². The fourth-order valence-electron chi connectivity index (χ4n) is 4.23. The van der Waals surface area contributed by atoms with Crippen molar-refractivity contribution in [3.63, 3.8) is 0 Å². The standard InChI is InChI=1S/C20H29N/c1-21-20(17-10-5-3-2-4-6-11-17)19-14-13-16-9-7-8-12-18(16)15-19/h7-10,12,19-21H,2-6,11,13-15H2,1H3/b17-10+. The molecule has 0 radical (unpaired) electrons. The van der Waals surface area contributed by atoms with Gasteiger partial charge >= 0.3 is 0 Å². The predicted molar refractivity (Wildman–Crippen MR) is 90.6 cm³/mol. The minimum atomic E-state index is 0.594. The second-order valence-electron chi connectivity index (χ2n) is 6.77. The Bertz CT molecular complexity index is 488. The van der Waals surface area contributed by atoms with Crippen molar-refractivity contribution in [3.8, 4) is 0 Å². The van der Waals surface area contributed by atoms with Gasteiger partial charge in [-0.2, -0.15) is 0 Å². The highest BCUT2D eigenvalue weighted by Crippen LogP contribution is 2.32. The molecular formula is C20H29N. The first kappa shape index (κ1) is 14.8. The van der Waals surface area contributed by atoms with Crippen LogP contribution in [0.15, 0.2) is 35.9 Å². The quantitative estimate of drug-likeness (QED) is 0.796. The minimum absolute atomic E-state index is 0.594. The van der Waals surface area contributed by atoms with Gasteiger partial charge in [0.15, 0.2) is 0 Å². The van der Waals surface area contributed by atoms with Crippen LogP contribution in [0.3, 0.4) is 0 Å². The van der Waals surface area contributed by atoms with Crippen LogP contribution in [0, 0.1) is 5.92 Å². The number of nitrogens with one attached hydrogen (secondary N) is 1. The van der Waals surface area contributed by atoms with Gasteiger partial charge < -0.3 is 5.32 Å². The normalized spacial score (nSPS) is 26.9. The van der Waals surface area contributed by atoms with Gasteiger partial charge in [-0.1, -0.05) is 48.8 Å². The van der Waals surface area contributed by atoms with Crippen molar-refractivity contribution < 1.29 is 0 Å². The van der Waals surface area contributed by atoms with Gasteiger partial charge in [-0.3, -0.25) is 0 Å². The van der Waals surface area contributed by atoms with Crippen molar-refractivity contribution in [3.05, 3.63) is 47.0 Å². The molecule has 0 heterocycles. The molecule has 1 heteroatoms. The van der Waals surface area contributed by atoms with Crippen LogP contribution in [0.4, 0.5) is 0 Å². The van der Waals surface area contributed by atoms with Gasteiger partial charge in [0.2, 0.25) is 0 Å². The van der Waals surface area contributed by atoms with Gasteiger partial charge in [0, 0.05) is 6.04 Å². The van der Waals surface area contributed by atoms with Gasteiger partial charge in [0.1, 0.15) is 0 Å². The summed E-state index contributed by atoms with van der Waals surface area (Å²) in [6, 6.07) is 9.63. The molecule has 0 spiro atoms. The topological polar surface area (TPSA) is 12.0 Å². The van der Waals surface area contributed by atoms with Gasteiger partial charge in [-0.15, -0.1) is 0 Å². The lowest BCUT2D eigenvalue weighted by Crippen LogP contribution is -2.38. The number of hydrogen-bond donors (Lipinski definition) is 1. The molecule has 0 amide bonds. The van der Waals surface area contributed by atoms with Gasteiger partial charge in [-0.05, 0) is 69.0 Å². The molecule has 1 aromatic carbocycles. The smallest absolute Gasteiger partial charge is 0.0308 e. The number of aryl methyl sites for hydroxylation is 1. The third-order valence-corrected chi connectivity index (χ3v) is 5.39. The predicted octanol–water partition coefficient (Wildman–Crippen LogP) is 4.66. The summed E-state index contributed by atoms with van der Waals surface area (Å²) < 4.78 is 0. The summed E-state index contributed by atoms with van der Waals surface area (Å²) in [7, 11) is 2.16. The van der Waals surface area contributed by atoms with Crippen LogP contribution in [-0.4, -0.2) is 13.1 Å². The van der Waals surface area contributed by atoms with E-state index in [1.807, 2.05) is 0 Å². The fourth-order valence-corrected chi connectivity index (χ4v) is 4.23. The zero-order valence-corrected chi connectivity index (χ0v) is 13.4. The van der Waals surface area contributed by atoms with Crippen molar-refractivity contribution in [2.24, 2.45) is 5.92 Å². The van der Waals surface area contributed by atoms with E-state index in [1.54, 1.807) is 16.7 Å². The molecule has 114 valence electrons. The average molecular weight is 283 g/mol. The molecule has 1 nitrogen and oxygen atoms in total. The summed E-state index contributed by atoms with van der Waals surface area (Å²) >= 11 is 0. The molecule has 0 bridgehead atoms. The molecule has 1 aromatic rings. The average Bonchev–Trinajstić information content (AvgIpc) is 2.49. The zero-order chi connectivity index (χ0) is 14.5. The van der Waals surface area contributed by atoms with E-state index in [0.29, 0.717) is 6.04 Å². The Balaban J connectivity index is 1.74. The van der Waals surface area contributed by atoms with Crippen LogP contribution in [-0.2, 0) is 12.8 Å². The Morgan fingerprint density at radius 2 is 1.81 bits per heavy atom. The first-order valence-electron chi connectivity index (χ1n) is 8.81. The molecule has 2 unspecified atom stereocenters. The summed E-state index contributed by atoms with van der Waals surface area (Å²) in [6.07, 6.45) is 14.6. The van der Waals surface area contributed by atoms with Crippen LogP contribution >= 0.6 is 0 Å². The van der Waals surface area contributed by atoms with E-state index in [0.717, 1.165) is 5.92 Å². The van der Waals surface area contributed by atoms with Crippen LogP contribution in [0.1, 0.15) is 56.1 Å². The molecule has 0 saturated heterocycles. The van der Waals surface area contributed by atoms with Crippen molar-refractivity contribution in [1.82, 2.24) is 5.32 Å². The maximum Gasteiger partial charge on any atom is 0.0308 e. The Morgan fingerprint density at radius 3 is 2.67 bits per heavy atom. The molecule has 0 aromatic heterocycles. The minimum Gasteiger partial charge on any atom is -0.313 e. The maximum absolute atomic E-state index is 3.65. The molecular weight excluding hydrogens is 254 g/mol. The Hall–Kier alpha value is -1.08. The first-order valence-corrected chi connectivity index (χ1v) is 8.81. The Kier molecular flexibility index (Phi) is 5.13. The second-order valence-corrected chi connectivity index (χ2v) is 6.77. The highest BCUT2D eigenvalue weighted by molar-refractivity contribution is 5.31. The lowest BCUT2D eigenvalue weighted by molar-refractivity contribution is 0.359. The van der Waals surface area contributed by atoms with Crippen LogP contribution in [0.5, 0.6) is 0 Å². The van der Waals surface area contributed by atoms with E-state index >= 15 is 0 Å². The summed E-state index contributed by atoms with van der Waals surface area (Å²) in [5.74, 6) is 0.774. The van der Waals surface area contributed by atoms with E-state index < -0.39 is 0 Å². The summed E-state index contributed by atoms with van der Waals surface area (Å²) in [6.45, 7) is 0. The highest BCUT2D eigenvalue weighted by atomic mass is 14.9. The van der Waals surface area contributed by atoms with E-state index in [1.165, 1.54) is 57.8 Å². The number of fused-ring (bicyclic) bond motifs is 1.